The second kappa shape index (κ2) is 5.87. The number of rotatable bonds is 5. The summed E-state index contributed by atoms with van der Waals surface area (Å²) in [5, 5.41) is 0. The van der Waals surface area contributed by atoms with Crippen LogP contribution in [0.2, 0.25) is 0 Å². The van der Waals surface area contributed by atoms with Gasteiger partial charge in [0.05, 0.1) is 0 Å². The smallest absolute Gasteiger partial charge is 0.127 e. The van der Waals surface area contributed by atoms with Gasteiger partial charge in [-0.2, -0.15) is 12.6 Å². The maximum Gasteiger partial charge on any atom is 0.127 e. The van der Waals surface area contributed by atoms with E-state index in [4.69, 9.17) is 0 Å². The van der Waals surface area contributed by atoms with Crippen molar-refractivity contribution in [3.63, 3.8) is 0 Å². The van der Waals surface area contributed by atoms with Crippen LogP contribution in [0.25, 0.3) is 0 Å². The second-order valence-corrected chi connectivity index (χ2v) is 5.75. The van der Waals surface area contributed by atoms with Gasteiger partial charge < -0.3 is 0 Å². The molecule has 1 nitrogen and oxygen atoms in total. The van der Waals surface area contributed by atoms with Gasteiger partial charge in [-0.1, -0.05) is 32.0 Å². The number of nitrogens with zero attached hydrogens (tertiary/aromatic N) is 1. The van der Waals surface area contributed by atoms with Crippen LogP contribution in [0.3, 0.4) is 0 Å². The van der Waals surface area contributed by atoms with Gasteiger partial charge >= 0.3 is 0 Å². The van der Waals surface area contributed by atoms with E-state index >= 15 is 0 Å². The van der Waals surface area contributed by atoms with Gasteiger partial charge in [-0.3, -0.25) is 4.90 Å². The van der Waals surface area contributed by atoms with Crippen LogP contribution in [0.1, 0.15) is 32.4 Å². The van der Waals surface area contributed by atoms with Crippen LogP contribution < -0.4 is 0 Å². The molecule has 0 radical (unpaired) electrons. The summed E-state index contributed by atoms with van der Waals surface area (Å²) in [4.78, 5) is 2.18. The average Bonchev–Trinajstić information content (AvgIpc) is 2.28. The highest BCUT2D eigenvalue weighted by molar-refractivity contribution is 7.80. The van der Waals surface area contributed by atoms with E-state index in [0.29, 0.717) is 0 Å². The summed E-state index contributed by atoms with van der Waals surface area (Å²) in [6.45, 7) is 7.27. The van der Waals surface area contributed by atoms with E-state index in [0.717, 1.165) is 17.9 Å². The maximum absolute atomic E-state index is 13.7. The Bertz CT molecular complexity index is 365. The maximum atomic E-state index is 13.7. The minimum Gasteiger partial charge on any atom is -0.299 e. The molecule has 0 bridgehead atoms. The van der Waals surface area contributed by atoms with E-state index in [1.54, 1.807) is 6.07 Å². The quantitative estimate of drug-likeness (QED) is 0.784. The van der Waals surface area contributed by atoms with Gasteiger partial charge in [0.1, 0.15) is 5.82 Å². The van der Waals surface area contributed by atoms with Crippen LogP contribution in [0.5, 0.6) is 0 Å². The molecule has 0 aliphatic heterocycles. The third-order valence-electron chi connectivity index (χ3n) is 3.12. The average molecular weight is 255 g/mol. The molecule has 1 aromatic carbocycles. The summed E-state index contributed by atoms with van der Waals surface area (Å²) >= 11 is 4.35. The third kappa shape index (κ3) is 4.00. The predicted molar refractivity (Wildman–Crippen MR) is 75.1 cm³/mol. The molecule has 0 spiro atoms. The van der Waals surface area contributed by atoms with E-state index < -0.39 is 0 Å². The van der Waals surface area contributed by atoms with Gasteiger partial charge in [-0.05, 0) is 31.2 Å². The number of hydrogen-bond acceptors (Lipinski definition) is 2. The van der Waals surface area contributed by atoms with Crippen molar-refractivity contribution in [3.05, 3.63) is 35.6 Å². The highest BCUT2D eigenvalue weighted by Gasteiger charge is 2.22. The fraction of sp³-hybridized carbons (Fsp3) is 0.571. The van der Waals surface area contributed by atoms with Crippen LogP contribution in [-0.4, -0.2) is 24.2 Å². The lowest BCUT2D eigenvalue weighted by Crippen LogP contribution is -2.34. The largest absolute Gasteiger partial charge is 0.299 e. The van der Waals surface area contributed by atoms with Crippen LogP contribution in [0.4, 0.5) is 4.39 Å². The van der Waals surface area contributed by atoms with E-state index in [9.17, 15) is 4.39 Å². The number of hydrogen-bond donors (Lipinski definition) is 1. The Labute approximate surface area is 109 Å². The fourth-order valence-electron chi connectivity index (χ4n) is 1.91. The summed E-state index contributed by atoms with van der Waals surface area (Å²) in [7, 11) is 2.03. The summed E-state index contributed by atoms with van der Waals surface area (Å²) < 4.78 is 13.7. The normalized spacial score (nSPS) is 14.1. The van der Waals surface area contributed by atoms with Crippen LogP contribution in [-0.2, 0) is 0 Å². The van der Waals surface area contributed by atoms with Crippen molar-refractivity contribution >= 4 is 12.6 Å². The summed E-state index contributed by atoms with van der Waals surface area (Å²) in [5.41, 5.74) is 0.891. The molecule has 1 unspecified atom stereocenters. The van der Waals surface area contributed by atoms with Gasteiger partial charge in [-0.25, -0.2) is 4.39 Å². The Hall–Kier alpha value is -0.540. The lowest BCUT2D eigenvalue weighted by molar-refractivity contribution is 0.183. The molecule has 0 aromatic heterocycles. The Morgan fingerprint density at radius 3 is 2.47 bits per heavy atom. The molecule has 0 saturated carbocycles. The molecule has 0 amide bonds. The van der Waals surface area contributed by atoms with Crippen molar-refractivity contribution in [1.29, 1.82) is 0 Å². The first-order valence-electron chi connectivity index (χ1n) is 5.93. The molecule has 3 heteroatoms. The number of halogens is 1. The highest BCUT2D eigenvalue weighted by atomic mass is 32.1. The van der Waals surface area contributed by atoms with E-state index in [2.05, 4.69) is 31.4 Å². The van der Waals surface area contributed by atoms with Crippen LogP contribution >= 0.6 is 12.6 Å². The van der Waals surface area contributed by atoms with Gasteiger partial charge in [0.15, 0.2) is 0 Å². The molecule has 17 heavy (non-hydrogen) atoms. The molecule has 1 aromatic rings. The molecule has 96 valence electrons. The third-order valence-corrected chi connectivity index (χ3v) is 3.98. The molecule has 0 heterocycles. The second-order valence-electron chi connectivity index (χ2n) is 5.43. The molecule has 1 rings (SSSR count). The molecule has 0 fully saturated rings. The summed E-state index contributed by atoms with van der Waals surface area (Å²) in [6, 6.07) is 7.05. The fourth-order valence-corrected chi connectivity index (χ4v) is 2.01. The predicted octanol–water partition coefficient (Wildman–Crippen LogP) is 3.77. The van der Waals surface area contributed by atoms with Gasteiger partial charge in [0.2, 0.25) is 0 Å². The molecular weight excluding hydrogens is 233 g/mol. The Balaban J connectivity index is 2.77. The minimum atomic E-state index is -0.129. The standard InChI is InChI=1S/C14H22FNS/c1-11(12-7-5-6-8-13(12)15)16(4)9-14(2,3)10-17/h5-8,11,17H,9-10H2,1-4H3. The zero-order valence-electron chi connectivity index (χ0n) is 11.1. The van der Waals surface area contributed by atoms with Crippen molar-refractivity contribution in [1.82, 2.24) is 4.90 Å². The monoisotopic (exact) mass is 255 g/mol. The first-order chi connectivity index (χ1) is 7.87. The number of thiol groups is 1. The zero-order valence-corrected chi connectivity index (χ0v) is 12.0. The Morgan fingerprint density at radius 1 is 1.35 bits per heavy atom. The van der Waals surface area contributed by atoms with Crippen molar-refractivity contribution in [2.45, 2.75) is 26.8 Å². The minimum absolute atomic E-state index is 0.0790. The first kappa shape index (κ1) is 14.5. The topological polar surface area (TPSA) is 3.24 Å². The van der Waals surface area contributed by atoms with E-state index in [1.165, 1.54) is 6.07 Å². The van der Waals surface area contributed by atoms with Crippen LogP contribution in [0, 0.1) is 11.2 Å². The molecule has 0 saturated heterocycles. The SMILES string of the molecule is CC(c1ccccc1F)N(C)CC(C)(C)CS. The molecular formula is C14H22FNS. The van der Waals surface area contributed by atoms with E-state index in [1.807, 2.05) is 26.1 Å². The van der Waals surface area contributed by atoms with Crippen molar-refractivity contribution < 1.29 is 4.39 Å². The molecule has 0 aliphatic rings. The summed E-state index contributed by atoms with van der Waals surface area (Å²) in [5.74, 6) is 0.692. The molecule has 1 atom stereocenters. The molecule has 0 N–H and O–H groups in total. The van der Waals surface area contributed by atoms with E-state index in [-0.39, 0.29) is 17.3 Å². The van der Waals surface area contributed by atoms with Crippen molar-refractivity contribution in [2.75, 3.05) is 19.3 Å². The van der Waals surface area contributed by atoms with Crippen LogP contribution in [0.15, 0.2) is 24.3 Å². The number of benzene rings is 1. The van der Waals surface area contributed by atoms with Gasteiger partial charge in [0, 0.05) is 18.2 Å². The first-order valence-corrected chi connectivity index (χ1v) is 6.56. The zero-order chi connectivity index (χ0) is 13.1. The lowest BCUT2D eigenvalue weighted by Gasteiger charge is -2.33. The Morgan fingerprint density at radius 2 is 1.94 bits per heavy atom. The molecule has 0 aliphatic carbocycles. The lowest BCUT2D eigenvalue weighted by atomic mass is 9.94. The summed E-state index contributed by atoms with van der Waals surface area (Å²) in [6.07, 6.45) is 0. The van der Waals surface area contributed by atoms with Gasteiger partial charge in [0.25, 0.3) is 0 Å². The van der Waals surface area contributed by atoms with Gasteiger partial charge in [-0.15, -0.1) is 0 Å². The highest BCUT2D eigenvalue weighted by Crippen LogP contribution is 2.26. The Kier molecular flexibility index (Phi) is 5.02. The van der Waals surface area contributed by atoms with Crippen molar-refractivity contribution in [2.24, 2.45) is 5.41 Å². The van der Waals surface area contributed by atoms with Crippen molar-refractivity contribution in [3.8, 4) is 0 Å².